The molecule has 0 amide bonds. The number of nitro groups is 1. The predicted octanol–water partition coefficient (Wildman–Crippen LogP) is 3.69. The maximum Gasteiger partial charge on any atom is 0.338 e. The SMILES string of the molecule is COC(=O)c1cccc2c1ccc1ccc([N+](=O)[O-])cc12. The summed E-state index contributed by atoms with van der Waals surface area (Å²) >= 11 is 0. The van der Waals surface area contributed by atoms with Crippen LogP contribution in [0.4, 0.5) is 5.69 Å². The van der Waals surface area contributed by atoms with E-state index in [0.717, 1.165) is 21.5 Å². The van der Waals surface area contributed by atoms with E-state index in [0.29, 0.717) is 5.56 Å². The Morgan fingerprint density at radius 2 is 1.81 bits per heavy atom. The molecule has 0 saturated heterocycles. The fourth-order valence-electron chi connectivity index (χ4n) is 2.48. The van der Waals surface area contributed by atoms with Gasteiger partial charge in [0.2, 0.25) is 0 Å². The molecule has 0 spiro atoms. The second kappa shape index (κ2) is 4.86. The maximum atomic E-state index is 11.8. The Hall–Kier alpha value is -2.95. The van der Waals surface area contributed by atoms with E-state index in [1.807, 2.05) is 18.2 Å². The highest BCUT2D eigenvalue weighted by molar-refractivity contribution is 6.14. The van der Waals surface area contributed by atoms with Crippen LogP contribution >= 0.6 is 0 Å². The van der Waals surface area contributed by atoms with Crippen LogP contribution < -0.4 is 0 Å². The third-order valence-corrected chi connectivity index (χ3v) is 3.48. The van der Waals surface area contributed by atoms with E-state index in [1.165, 1.54) is 19.2 Å². The Labute approximate surface area is 119 Å². The summed E-state index contributed by atoms with van der Waals surface area (Å²) in [5.74, 6) is -0.426. The zero-order chi connectivity index (χ0) is 15.0. The largest absolute Gasteiger partial charge is 0.465 e. The smallest absolute Gasteiger partial charge is 0.338 e. The van der Waals surface area contributed by atoms with Gasteiger partial charge in [-0.1, -0.05) is 24.3 Å². The Bertz CT molecular complexity index is 886. The highest BCUT2D eigenvalue weighted by Gasteiger charge is 2.13. The number of carbonyl (C=O) groups excluding carboxylic acids is 1. The summed E-state index contributed by atoms with van der Waals surface area (Å²) in [6.07, 6.45) is 0. The fraction of sp³-hybridized carbons (Fsp3) is 0.0625. The summed E-state index contributed by atoms with van der Waals surface area (Å²) in [6.45, 7) is 0. The molecule has 3 rings (SSSR count). The Morgan fingerprint density at radius 1 is 1.05 bits per heavy atom. The molecule has 21 heavy (non-hydrogen) atoms. The minimum absolute atomic E-state index is 0.0264. The van der Waals surface area contributed by atoms with Crippen LogP contribution in [0.2, 0.25) is 0 Å². The van der Waals surface area contributed by atoms with Gasteiger partial charge in [0.1, 0.15) is 0 Å². The second-order valence-corrected chi connectivity index (χ2v) is 4.62. The van der Waals surface area contributed by atoms with Crippen molar-refractivity contribution in [2.75, 3.05) is 7.11 Å². The van der Waals surface area contributed by atoms with E-state index < -0.39 is 10.9 Å². The van der Waals surface area contributed by atoms with Gasteiger partial charge in [0, 0.05) is 12.1 Å². The van der Waals surface area contributed by atoms with Gasteiger partial charge >= 0.3 is 5.97 Å². The Kier molecular flexibility index (Phi) is 3.02. The predicted molar refractivity (Wildman–Crippen MR) is 79.4 cm³/mol. The highest BCUT2D eigenvalue weighted by Crippen LogP contribution is 2.30. The molecular formula is C16H11NO4. The lowest BCUT2D eigenvalue weighted by molar-refractivity contribution is -0.384. The van der Waals surface area contributed by atoms with Gasteiger partial charge in [0.15, 0.2) is 0 Å². The van der Waals surface area contributed by atoms with Crippen LogP contribution in [-0.2, 0) is 4.74 Å². The summed E-state index contributed by atoms with van der Waals surface area (Å²) < 4.78 is 4.77. The molecule has 3 aromatic carbocycles. The van der Waals surface area contributed by atoms with Crippen LogP contribution in [0.1, 0.15) is 10.4 Å². The summed E-state index contributed by atoms with van der Waals surface area (Å²) in [5.41, 5.74) is 0.474. The average molecular weight is 281 g/mol. The molecule has 0 fully saturated rings. The molecule has 0 saturated carbocycles. The molecule has 0 radical (unpaired) electrons. The molecule has 0 N–H and O–H groups in total. The van der Waals surface area contributed by atoms with Gasteiger partial charge in [-0.15, -0.1) is 0 Å². The molecule has 0 aliphatic rings. The van der Waals surface area contributed by atoms with Crippen molar-refractivity contribution in [1.82, 2.24) is 0 Å². The molecule has 0 atom stereocenters. The van der Waals surface area contributed by atoms with Crippen LogP contribution in [0.3, 0.4) is 0 Å². The van der Waals surface area contributed by atoms with E-state index in [1.54, 1.807) is 18.2 Å². The molecule has 0 aliphatic heterocycles. The highest BCUT2D eigenvalue weighted by atomic mass is 16.6. The minimum Gasteiger partial charge on any atom is -0.465 e. The van der Waals surface area contributed by atoms with Crippen molar-refractivity contribution in [1.29, 1.82) is 0 Å². The van der Waals surface area contributed by atoms with Crippen LogP contribution in [0.15, 0.2) is 48.5 Å². The van der Waals surface area contributed by atoms with Crippen LogP contribution in [0.25, 0.3) is 21.5 Å². The molecule has 0 unspecified atom stereocenters. The van der Waals surface area contributed by atoms with Gasteiger partial charge in [0.25, 0.3) is 5.69 Å². The van der Waals surface area contributed by atoms with Crippen molar-refractivity contribution in [2.24, 2.45) is 0 Å². The number of ether oxygens (including phenoxy) is 1. The Balaban J connectivity index is 2.40. The van der Waals surface area contributed by atoms with Crippen molar-refractivity contribution < 1.29 is 14.5 Å². The number of hydrogen-bond donors (Lipinski definition) is 0. The number of methoxy groups -OCH3 is 1. The fourth-order valence-corrected chi connectivity index (χ4v) is 2.48. The maximum absolute atomic E-state index is 11.8. The number of nitro benzene ring substituents is 1. The van der Waals surface area contributed by atoms with Gasteiger partial charge < -0.3 is 4.74 Å². The third-order valence-electron chi connectivity index (χ3n) is 3.48. The minimum atomic E-state index is -0.428. The number of non-ortho nitro benzene ring substituents is 1. The van der Waals surface area contributed by atoms with E-state index in [-0.39, 0.29) is 5.69 Å². The Morgan fingerprint density at radius 3 is 2.52 bits per heavy atom. The first-order valence-electron chi connectivity index (χ1n) is 6.30. The van der Waals surface area contributed by atoms with Crippen molar-refractivity contribution in [3.8, 4) is 0 Å². The third kappa shape index (κ3) is 2.08. The van der Waals surface area contributed by atoms with Crippen LogP contribution in [-0.4, -0.2) is 18.0 Å². The summed E-state index contributed by atoms with van der Waals surface area (Å²) in [6, 6.07) is 13.6. The zero-order valence-corrected chi connectivity index (χ0v) is 11.2. The molecular weight excluding hydrogens is 270 g/mol. The van der Waals surface area contributed by atoms with Crippen molar-refractivity contribution in [3.63, 3.8) is 0 Å². The summed E-state index contributed by atoms with van der Waals surface area (Å²) in [5, 5.41) is 14.1. The first-order valence-corrected chi connectivity index (χ1v) is 6.30. The first-order chi connectivity index (χ1) is 10.1. The van der Waals surface area contributed by atoms with E-state index in [9.17, 15) is 14.9 Å². The summed E-state index contributed by atoms with van der Waals surface area (Å²) in [7, 11) is 1.33. The quantitative estimate of drug-likeness (QED) is 0.311. The van der Waals surface area contributed by atoms with Gasteiger partial charge in [-0.3, -0.25) is 10.1 Å². The molecule has 0 heterocycles. The van der Waals surface area contributed by atoms with Gasteiger partial charge in [-0.05, 0) is 33.7 Å². The standard InChI is InChI=1S/C16H11NO4/c1-21-16(18)14-4-2-3-12-13(14)8-6-10-5-7-11(17(19)20)9-15(10)12/h2-9H,1H3. The number of esters is 1. The number of benzene rings is 3. The molecule has 104 valence electrons. The number of rotatable bonds is 2. The topological polar surface area (TPSA) is 69.4 Å². The average Bonchev–Trinajstić information content (AvgIpc) is 2.52. The molecule has 0 aromatic heterocycles. The monoisotopic (exact) mass is 281 g/mol. The van der Waals surface area contributed by atoms with Crippen LogP contribution in [0, 0.1) is 10.1 Å². The summed E-state index contributed by atoms with van der Waals surface area (Å²) in [4.78, 5) is 22.3. The van der Waals surface area contributed by atoms with Crippen molar-refractivity contribution >= 4 is 33.2 Å². The lowest BCUT2D eigenvalue weighted by Gasteiger charge is -2.07. The van der Waals surface area contributed by atoms with Gasteiger partial charge in [-0.25, -0.2) is 4.79 Å². The van der Waals surface area contributed by atoms with E-state index >= 15 is 0 Å². The molecule has 3 aromatic rings. The number of nitrogens with zero attached hydrogens (tertiary/aromatic N) is 1. The number of carbonyl (C=O) groups is 1. The number of fused-ring (bicyclic) bond motifs is 3. The molecule has 5 heteroatoms. The number of hydrogen-bond acceptors (Lipinski definition) is 4. The normalized spacial score (nSPS) is 10.7. The van der Waals surface area contributed by atoms with Gasteiger partial charge in [-0.2, -0.15) is 0 Å². The zero-order valence-electron chi connectivity index (χ0n) is 11.2. The van der Waals surface area contributed by atoms with Crippen LogP contribution in [0.5, 0.6) is 0 Å². The molecule has 5 nitrogen and oxygen atoms in total. The van der Waals surface area contributed by atoms with Crippen molar-refractivity contribution in [2.45, 2.75) is 0 Å². The van der Waals surface area contributed by atoms with E-state index in [2.05, 4.69) is 0 Å². The lowest BCUT2D eigenvalue weighted by atomic mass is 9.98. The second-order valence-electron chi connectivity index (χ2n) is 4.62. The molecule has 0 bridgehead atoms. The molecule has 0 aliphatic carbocycles. The van der Waals surface area contributed by atoms with Gasteiger partial charge in [0.05, 0.1) is 17.6 Å². The lowest BCUT2D eigenvalue weighted by Crippen LogP contribution is -2.01. The van der Waals surface area contributed by atoms with E-state index in [4.69, 9.17) is 4.74 Å². The first kappa shape index (κ1) is 13.1. The van der Waals surface area contributed by atoms with Crippen molar-refractivity contribution in [3.05, 3.63) is 64.2 Å².